The van der Waals surface area contributed by atoms with E-state index in [2.05, 4.69) is 64.3 Å². The quantitative estimate of drug-likeness (QED) is 0.628. The molecule has 1 rings (SSSR count). The summed E-state index contributed by atoms with van der Waals surface area (Å²) in [6.07, 6.45) is 0. The smallest absolute Gasteiger partial charge is 0.0550 e. The molecule has 1 aromatic carbocycles. The van der Waals surface area contributed by atoms with Crippen LogP contribution in [-0.2, 0) is 0 Å². The maximum Gasteiger partial charge on any atom is 0.0550 e. The number of nitrogens with two attached hydrogens (primary N) is 1. The van der Waals surface area contributed by atoms with Gasteiger partial charge in [0.25, 0.3) is 0 Å². The minimum absolute atomic E-state index is 0.218. The lowest BCUT2D eigenvalue weighted by molar-refractivity contribution is 0.607. The number of hydrogen-bond acceptors (Lipinski definition) is 3. The van der Waals surface area contributed by atoms with E-state index in [1.54, 1.807) is 0 Å². The highest BCUT2D eigenvalue weighted by molar-refractivity contribution is 8.00. The summed E-state index contributed by atoms with van der Waals surface area (Å²) in [7, 11) is 0. The first kappa shape index (κ1) is 15.5. The third-order valence-corrected chi connectivity index (χ3v) is 4.26. The van der Waals surface area contributed by atoms with E-state index in [-0.39, 0.29) is 10.8 Å². The Bertz CT molecular complexity index is 352. The van der Waals surface area contributed by atoms with Gasteiger partial charge in [-0.1, -0.05) is 58.9 Å². The zero-order chi connectivity index (χ0) is 13.8. The second-order valence-corrected chi connectivity index (χ2v) is 7.81. The van der Waals surface area contributed by atoms with Gasteiger partial charge >= 0.3 is 0 Å². The SMILES string of the molecule is CC(C)c1ccc(C(CSC(C)(C)C)NN)cc1. The normalized spacial score (nSPS) is 13.9. The molecule has 0 aromatic heterocycles. The number of rotatable bonds is 5. The number of thioether (sulfide) groups is 1. The molecule has 0 aliphatic carbocycles. The van der Waals surface area contributed by atoms with Crippen LogP contribution in [0.1, 0.15) is 57.7 Å². The second kappa shape index (κ2) is 6.60. The summed E-state index contributed by atoms with van der Waals surface area (Å²) in [5.41, 5.74) is 5.55. The molecule has 0 aliphatic heterocycles. The van der Waals surface area contributed by atoms with Gasteiger partial charge in [-0.2, -0.15) is 11.8 Å². The van der Waals surface area contributed by atoms with Crippen molar-refractivity contribution in [3.63, 3.8) is 0 Å². The Balaban J connectivity index is 2.70. The van der Waals surface area contributed by atoms with E-state index in [1.807, 2.05) is 11.8 Å². The van der Waals surface area contributed by atoms with Crippen molar-refractivity contribution in [2.75, 3.05) is 5.75 Å². The molecule has 1 atom stereocenters. The summed E-state index contributed by atoms with van der Waals surface area (Å²) in [5, 5.41) is 0. The number of hydrogen-bond donors (Lipinski definition) is 2. The summed E-state index contributed by atoms with van der Waals surface area (Å²) in [4.78, 5) is 0. The van der Waals surface area contributed by atoms with Gasteiger partial charge < -0.3 is 0 Å². The Morgan fingerprint density at radius 1 is 1.11 bits per heavy atom. The molecule has 0 spiro atoms. The Kier molecular flexibility index (Phi) is 5.70. The lowest BCUT2D eigenvalue weighted by Crippen LogP contribution is -2.30. The first-order valence-electron chi connectivity index (χ1n) is 6.53. The first-order valence-corrected chi connectivity index (χ1v) is 7.52. The number of nitrogens with one attached hydrogen (secondary N) is 1. The topological polar surface area (TPSA) is 38.0 Å². The average molecular weight is 266 g/mol. The van der Waals surface area contributed by atoms with Gasteiger partial charge in [-0.25, -0.2) is 0 Å². The van der Waals surface area contributed by atoms with Gasteiger partial charge in [0.05, 0.1) is 6.04 Å². The molecule has 102 valence electrons. The van der Waals surface area contributed by atoms with Crippen LogP contribution in [0.15, 0.2) is 24.3 Å². The molecular formula is C15H26N2S. The van der Waals surface area contributed by atoms with Crippen molar-refractivity contribution in [3.05, 3.63) is 35.4 Å². The van der Waals surface area contributed by atoms with E-state index >= 15 is 0 Å². The van der Waals surface area contributed by atoms with Crippen molar-refractivity contribution >= 4 is 11.8 Å². The Morgan fingerprint density at radius 3 is 2.00 bits per heavy atom. The molecule has 0 heterocycles. The van der Waals surface area contributed by atoms with E-state index < -0.39 is 0 Å². The zero-order valence-corrected chi connectivity index (χ0v) is 13.0. The maximum atomic E-state index is 5.67. The first-order chi connectivity index (χ1) is 8.33. The van der Waals surface area contributed by atoms with Crippen LogP contribution in [0.3, 0.4) is 0 Å². The summed E-state index contributed by atoms with van der Waals surface area (Å²) >= 11 is 1.93. The standard InChI is InChI=1S/C15H26N2S/c1-11(2)12-6-8-13(9-7-12)14(17-16)10-18-15(3,4)5/h6-9,11,14,17H,10,16H2,1-5H3. The van der Waals surface area contributed by atoms with Crippen LogP contribution in [-0.4, -0.2) is 10.5 Å². The fourth-order valence-corrected chi connectivity index (χ4v) is 2.64. The lowest BCUT2D eigenvalue weighted by Gasteiger charge is -2.23. The largest absolute Gasteiger partial charge is 0.271 e. The zero-order valence-electron chi connectivity index (χ0n) is 12.2. The summed E-state index contributed by atoms with van der Waals surface area (Å²) in [6, 6.07) is 8.99. The van der Waals surface area contributed by atoms with Crippen LogP contribution < -0.4 is 11.3 Å². The van der Waals surface area contributed by atoms with Crippen molar-refractivity contribution in [2.45, 2.75) is 51.3 Å². The molecule has 0 radical (unpaired) electrons. The Labute approximate surface area is 116 Å². The lowest BCUT2D eigenvalue weighted by atomic mass is 10.00. The van der Waals surface area contributed by atoms with Crippen LogP contribution in [0, 0.1) is 0 Å². The van der Waals surface area contributed by atoms with E-state index in [4.69, 9.17) is 5.84 Å². The summed E-state index contributed by atoms with van der Waals surface area (Å²) < 4.78 is 0.271. The molecule has 3 N–H and O–H groups in total. The monoisotopic (exact) mass is 266 g/mol. The van der Waals surface area contributed by atoms with Gasteiger partial charge in [-0.05, 0) is 17.0 Å². The second-order valence-electron chi connectivity index (χ2n) is 5.96. The number of benzene rings is 1. The fraction of sp³-hybridized carbons (Fsp3) is 0.600. The predicted octanol–water partition coefficient (Wildman–Crippen LogP) is 3.85. The molecule has 0 bridgehead atoms. The van der Waals surface area contributed by atoms with Gasteiger partial charge in [0.2, 0.25) is 0 Å². The molecule has 0 saturated heterocycles. The van der Waals surface area contributed by atoms with E-state index in [0.717, 1.165) is 5.75 Å². The van der Waals surface area contributed by atoms with Gasteiger partial charge in [0.15, 0.2) is 0 Å². The third kappa shape index (κ3) is 5.01. The summed E-state index contributed by atoms with van der Waals surface area (Å²) in [5.74, 6) is 7.23. The van der Waals surface area contributed by atoms with Gasteiger partial charge in [0, 0.05) is 10.5 Å². The van der Waals surface area contributed by atoms with E-state index in [1.165, 1.54) is 11.1 Å². The third-order valence-electron chi connectivity index (χ3n) is 2.89. The molecule has 0 amide bonds. The van der Waals surface area contributed by atoms with Crippen molar-refractivity contribution in [3.8, 4) is 0 Å². The molecule has 2 nitrogen and oxygen atoms in total. The highest BCUT2D eigenvalue weighted by Gasteiger charge is 2.16. The average Bonchev–Trinajstić information content (AvgIpc) is 2.29. The predicted molar refractivity (Wildman–Crippen MR) is 82.8 cm³/mol. The molecule has 3 heteroatoms. The molecule has 0 fully saturated rings. The van der Waals surface area contributed by atoms with E-state index in [9.17, 15) is 0 Å². The fourth-order valence-electron chi connectivity index (χ4n) is 1.69. The van der Waals surface area contributed by atoms with Crippen LogP contribution in [0.2, 0.25) is 0 Å². The highest BCUT2D eigenvalue weighted by atomic mass is 32.2. The van der Waals surface area contributed by atoms with E-state index in [0.29, 0.717) is 5.92 Å². The maximum absolute atomic E-state index is 5.67. The minimum atomic E-state index is 0.218. The molecule has 0 saturated carbocycles. The van der Waals surface area contributed by atoms with Gasteiger partial charge in [0.1, 0.15) is 0 Å². The molecule has 18 heavy (non-hydrogen) atoms. The summed E-state index contributed by atoms with van der Waals surface area (Å²) in [6.45, 7) is 11.1. The van der Waals surface area contributed by atoms with Crippen LogP contribution in [0.5, 0.6) is 0 Å². The highest BCUT2D eigenvalue weighted by Crippen LogP contribution is 2.28. The molecule has 1 aromatic rings. The Hall–Kier alpha value is -0.510. The van der Waals surface area contributed by atoms with Gasteiger partial charge in [-0.3, -0.25) is 11.3 Å². The van der Waals surface area contributed by atoms with Crippen LogP contribution >= 0.6 is 11.8 Å². The van der Waals surface area contributed by atoms with Crippen LogP contribution in [0.25, 0.3) is 0 Å². The molecular weight excluding hydrogens is 240 g/mol. The van der Waals surface area contributed by atoms with Crippen molar-refractivity contribution in [1.29, 1.82) is 0 Å². The minimum Gasteiger partial charge on any atom is -0.271 e. The molecule has 1 unspecified atom stereocenters. The van der Waals surface area contributed by atoms with Crippen molar-refractivity contribution < 1.29 is 0 Å². The van der Waals surface area contributed by atoms with Crippen molar-refractivity contribution in [2.24, 2.45) is 5.84 Å². The van der Waals surface area contributed by atoms with Crippen LogP contribution in [0.4, 0.5) is 0 Å². The number of hydrazine groups is 1. The molecule has 0 aliphatic rings. The Morgan fingerprint density at radius 2 is 1.61 bits per heavy atom. The van der Waals surface area contributed by atoms with Crippen molar-refractivity contribution in [1.82, 2.24) is 5.43 Å². The van der Waals surface area contributed by atoms with Gasteiger partial charge in [-0.15, -0.1) is 0 Å².